The van der Waals surface area contributed by atoms with Crippen molar-refractivity contribution < 1.29 is 9.53 Å². The molecule has 2 aliphatic rings. The SMILES string of the molecule is Cn1cnc2c1c(=O)n(CC1CCC3(CC1)CNC(=O)O3)c(=O)n2C. The van der Waals surface area contributed by atoms with E-state index in [0.29, 0.717) is 24.3 Å². The average Bonchev–Trinajstić information content (AvgIpc) is 3.15. The molecular formula is C16H21N5O4. The Bertz CT molecular complexity index is 961. The highest BCUT2D eigenvalue weighted by Gasteiger charge is 2.43. The van der Waals surface area contributed by atoms with Crippen LogP contribution >= 0.6 is 0 Å². The molecule has 2 fully saturated rings. The Morgan fingerprint density at radius 1 is 1.28 bits per heavy atom. The zero-order valence-corrected chi connectivity index (χ0v) is 14.3. The molecule has 1 saturated heterocycles. The Kier molecular flexibility index (Phi) is 3.48. The number of ether oxygens (including phenoxy) is 1. The number of carbonyl (C=O) groups is 1. The average molecular weight is 347 g/mol. The van der Waals surface area contributed by atoms with E-state index < -0.39 is 5.60 Å². The molecule has 9 nitrogen and oxygen atoms in total. The number of imidazole rings is 1. The highest BCUT2D eigenvalue weighted by molar-refractivity contribution is 5.70. The van der Waals surface area contributed by atoms with Crippen molar-refractivity contribution in [3.63, 3.8) is 0 Å². The van der Waals surface area contributed by atoms with Gasteiger partial charge in [-0.2, -0.15) is 0 Å². The molecule has 9 heteroatoms. The second-order valence-corrected chi connectivity index (χ2v) is 7.15. The molecule has 134 valence electrons. The van der Waals surface area contributed by atoms with E-state index in [2.05, 4.69) is 10.3 Å². The lowest BCUT2D eigenvalue weighted by Crippen LogP contribution is -2.43. The van der Waals surface area contributed by atoms with Crippen molar-refractivity contribution >= 4 is 17.3 Å². The molecule has 3 heterocycles. The molecule has 4 rings (SSSR count). The first-order valence-electron chi connectivity index (χ1n) is 8.48. The quantitative estimate of drug-likeness (QED) is 0.831. The van der Waals surface area contributed by atoms with Gasteiger partial charge in [0.25, 0.3) is 5.56 Å². The molecule has 1 amide bonds. The van der Waals surface area contributed by atoms with Crippen LogP contribution in [0.25, 0.3) is 11.2 Å². The second-order valence-electron chi connectivity index (χ2n) is 7.15. The third-order valence-electron chi connectivity index (χ3n) is 5.52. The zero-order chi connectivity index (χ0) is 17.8. The number of hydrogen-bond donors (Lipinski definition) is 1. The van der Waals surface area contributed by atoms with Crippen molar-refractivity contribution in [1.82, 2.24) is 24.0 Å². The summed E-state index contributed by atoms with van der Waals surface area (Å²) in [6.07, 6.45) is 4.31. The van der Waals surface area contributed by atoms with Gasteiger partial charge >= 0.3 is 11.8 Å². The minimum absolute atomic E-state index is 0.209. The lowest BCUT2D eigenvalue weighted by Gasteiger charge is -2.34. The number of nitrogens with zero attached hydrogens (tertiary/aromatic N) is 4. The van der Waals surface area contributed by atoms with E-state index in [1.165, 1.54) is 9.13 Å². The Morgan fingerprint density at radius 3 is 2.64 bits per heavy atom. The van der Waals surface area contributed by atoms with Crippen LogP contribution < -0.4 is 16.6 Å². The largest absolute Gasteiger partial charge is 0.441 e. The second kappa shape index (κ2) is 5.47. The number of aryl methyl sites for hydroxylation is 2. The van der Waals surface area contributed by atoms with Gasteiger partial charge in [-0.1, -0.05) is 0 Å². The summed E-state index contributed by atoms with van der Waals surface area (Å²) in [5, 5.41) is 2.71. The summed E-state index contributed by atoms with van der Waals surface area (Å²) in [4.78, 5) is 40.8. The van der Waals surface area contributed by atoms with Gasteiger partial charge in [-0.05, 0) is 31.6 Å². The van der Waals surface area contributed by atoms with E-state index in [0.717, 1.165) is 25.7 Å². The Hall–Kier alpha value is -2.58. The molecule has 25 heavy (non-hydrogen) atoms. The number of alkyl carbamates (subject to hydrolysis) is 1. The number of aromatic nitrogens is 4. The van der Waals surface area contributed by atoms with Gasteiger partial charge in [-0.25, -0.2) is 14.6 Å². The summed E-state index contributed by atoms with van der Waals surface area (Å²) in [6, 6.07) is 0. The summed E-state index contributed by atoms with van der Waals surface area (Å²) >= 11 is 0. The molecule has 1 aliphatic carbocycles. The lowest BCUT2D eigenvalue weighted by atomic mass is 9.79. The van der Waals surface area contributed by atoms with E-state index in [9.17, 15) is 14.4 Å². The van der Waals surface area contributed by atoms with Crippen LogP contribution in [0, 0.1) is 5.92 Å². The molecule has 1 aliphatic heterocycles. The van der Waals surface area contributed by atoms with Gasteiger partial charge in [0.2, 0.25) is 0 Å². The fourth-order valence-corrected chi connectivity index (χ4v) is 3.98. The van der Waals surface area contributed by atoms with E-state index in [1.807, 2.05) is 0 Å². The smallest absolute Gasteiger partial charge is 0.407 e. The summed E-state index contributed by atoms with van der Waals surface area (Å²) in [5.74, 6) is 0.209. The van der Waals surface area contributed by atoms with Gasteiger partial charge < -0.3 is 14.6 Å². The number of nitrogens with one attached hydrogen (secondary N) is 1. The molecule has 1 N–H and O–H groups in total. The molecule has 0 atom stereocenters. The molecule has 1 spiro atoms. The molecule has 2 aromatic heterocycles. The van der Waals surface area contributed by atoms with E-state index in [1.54, 1.807) is 25.0 Å². The highest BCUT2D eigenvalue weighted by Crippen LogP contribution is 2.37. The van der Waals surface area contributed by atoms with E-state index >= 15 is 0 Å². The van der Waals surface area contributed by atoms with Crippen molar-refractivity contribution in [3.8, 4) is 0 Å². The number of amides is 1. The molecule has 0 radical (unpaired) electrons. The fraction of sp³-hybridized carbons (Fsp3) is 0.625. The van der Waals surface area contributed by atoms with Crippen LogP contribution in [-0.4, -0.2) is 36.9 Å². The van der Waals surface area contributed by atoms with Gasteiger partial charge in [-0.3, -0.25) is 13.9 Å². The van der Waals surface area contributed by atoms with Gasteiger partial charge in [0.05, 0.1) is 12.9 Å². The van der Waals surface area contributed by atoms with E-state index in [4.69, 9.17) is 4.74 Å². The zero-order valence-electron chi connectivity index (χ0n) is 14.3. The van der Waals surface area contributed by atoms with Gasteiger partial charge in [0.15, 0.2) is 11.2 Å². The molecule has 2 aromatic rings. The maximum absolute atomic E-state index is 12.8. The molecule has 0 bridgehead atoms. The standard InChI is InChI=1S/C16H21N5O4/c1-19-9-18-12-11(19)13(22)21(15(24)20(12)2)7-10-3-5-16(6-4-10)8-17-14(23)25-16/h9-10H,3-8H2,1-2H3,(H,17,23). The maximum atomic E-state index is 12.8. The molecule has 1 saturated carbocycles. The Balaban J connectivity index is 1.60. The lowest BCUT2D eigenvalue weighted by molar-refractivity contribution is 0.0109. The topological polar surface area (TPSA) is 100 Å². The number of fused-ring (bicyclic) bond motifs is 1. The van der Waals surface area contributed by atoms with Gasteiger partial charge in [-0.15, -0.1) is 0 Å². The third-order valence-corrected chi connectivity index (χ3v) is 5.52. The maximum Gasteiger partial charge on any atom is 0.407 e. The molecule has 0 unspecified atom stereocenters. The van der Waals surface area contributed by atoms with Crippen molar-refractivity contribution in [2.24, 2.45) is 20.0 Å². The van der Waals surface area contributed by atoms with Crippen LogP contribution in [0.15, 0.2) is 15.9 Å². The van der Waals surface area contributed by atoms with Crippen molar-refractivity contribution in [3.05, 3.63) is 27.2 Å². The van der Waals surface area contributed by atoms with Crippen LogP contribution in [0.3, 0.4) is 0 Å². The fourth-order valence-electron chi connectivity index (χ4n) is 3.98. The number of rotatable bonds is 2. The molecule has 0 aromatic carbocycles. The first kappa shape index (κ1) is 15.9. The van der Waals surface area contributed by atoms with Crippen LogP contribution in [0.4, 0.5) is 4.79 Å². The van der Waals surface area contributed by atoms with Gasteiger partial charge in [0.1, 0.15) is 5.60 Å². The van der Waals surface area contributed by atoms with Crippen molar-refractivity contribution in [1.29, 1.82) is 0 Å². The predicted octanol–water partition coefficient (Wildman–Crippen LogP) is 0.103. The minimum atomic E-state index is -0.407. The van der Waals surface area contributed by atoms with Crippen LogP contribution in [0.2, 0.25) is 0 Å². The summed E-state index contributed by atoms with van der Waals surface area (Å²) in [7, 11) is 3.38. The number of carbonyl (C=O) groups excluding carboxylic acids is 1. The van der Waals surface area contributed by atoms with E-state index in [-0.39, 0.29) is 23.3 Å². The number of hydrogen-bond acceptors (Lipinski definition) is 5. The first-order chi connectivity index (χ1) is 11.9. The van der Waals surface area contributed by atoms with Crippen molar-refractivity contribution in [2.75, 3.05) is 6.54 Å². The Morgan fingerprint density at radius 2 is 2.00 bits per heavy atom. The third kappa shape index (κ3) is 2.45. The van der Waals surface area contributed by atoms with Crippen LogP contribution in [0.1, 0.15) is 25.7 Å². The molecular weight excluding hydrogens is 326 g/mol. The summed E-state index contributed by atoms with van der Waals surface area (Å²) < 4.78 is 9.80. The summed E-state index contributed by atoms with van der Waals surface area (Å²) in [6.45, 7) is 0.922. The monoisotopic (exact) mass is 347 g/mol. The highest BCUT2D eigenvalue weighted by atomic mass is 16.6. The van der Waals surface area contributed by atoms with Crippen molar-refractivity contribution in [2.45, 2.75) is 37.8 Å². The first-order valence-corrected chi connectivity index (χ1v) is 8.48. The van der Waals surface area contributed by atoms with Crippen LogP contribution in [0.5, 0.6) is 0 Å². The Labute approximate surface area is 143 Å². The van der Waals surface area contributed by atoms with Gasteiger partial charge in [0, 0.05) is 20.6 Å². The van der Waals surface area contributed by atoms with Crippen LogP contribution in [-0.2, 0) is 25.4 Å². The predicted molar refractivity (Wildman–Crippen MR) is 89.4 cm³/mol. The normalized spacial score (nSPS) is 26.2. The minimum Gasteiger partial charge on any atom is -0.441 e. The summed E-state index contributed by atoms with van der Waals surface area (Å²) in [5.41, 5.74) is -0.212.